The molecule has 0 bridgehead atoms. The molecule has 0 aromatic carbocycles. The number of nitrogens with zero attached hydrogens (tertiary/aromatic N) is 6. The molecule has 1 N–H and O–H groups in total. The lowest BCUT2D eigenvalue weighted by molar-refractivity contribution is -0.145. The fourth-order valence-corrected chi connectivity index (χ4v) is 5.26. The molecule has 2 aromatic rings. The molecule has 0 spiro atoms. The maximum atomic E-state index is 13.5. The van der Waals surface area contributed by atoms with E-state index in [1.54, 1.807) is 10.8 Å². The third kappa shape index (κ3) is 2.69. The smallest absolute Gasteiger partial charge is 0.254 e. The van der Waals surface area contributed by atoms with Gasteiger partial charge in [0, 0.05) is 44.5 Å². The molecule has 27 heavy (non-hydrogen) atoms. The van der Waals surface area contributed by atoms with Crippen molar-refractivity contribution < 1.29 is 4.79 Å². The number of anilines is 1. The molecular weight excluding hydrogens is 342 g/mol. The van der Waals surface area contributed by atoms with Crippen molar-refractivity contribution in [3.8, 4) is 0 Å². The van der Waals surface area contributed by atoms with Crippen molar-refractivity contribution in [2.45, 2.75) is 32.6 Å². The van der Waals surface area contributed by atoms with Crippen LogP contribution in [0.1, 0.15) is 31.4 Å². The summed E-state index contributed by atoms with van der Waals surface area (Å²) in [5.74, 6) is 2.55. The lowest BCUT2D eigenvalue weighted by atomic mass is 9.67. The Balaban J connectivity index is 1.33. The van der Waals surface area contributed by atoms with Crippen LogP contribution in [-0.2, 0) is 4.79 Å². The van der Waals surface area contributed by atoms with Gasteiger partial charge < -0.3 is 15.1 Å². The lowest BCUT2D eigenvalue weighted by Gasteiger charge is -2.44. The maximum Gasteiger partial charge on any atom is 0.254 e. The van der Waals surface area contributed by atoms with Gasteiger partial charge in [0.15, 0.2) is 0 Å². The van der Waals surface area contributed by atoms with Crippen LogP contribution in [-0.4, -0.2) is 69.7 Å². The van der Waals surface area contributed by atoms with Gasteiger partial charge in [-0.2, -0.15) is 14.6 Å². The minimum atomic E-state index is -0.146. The van der Waals surface area contributed by atoms with Crippen molar-refractivity contribution in [1.82, 2.24) is 29.8 Å². The number of amides is 1. The van der Waals surface area contributed by atoms with E-state index in [9.17, 15) is 4.79 Å². The first-order valence-corrected chi connectivity index (χ1v) is 10.1. The molecule has 0 radical (unpaired) electrons. The first kappa shape index (κ1) is 16.9. The Labute approximate surface area is 158 Å². The Morgan fingerprint density at radius 3 is 2.96 bits per heavy atom. The molecule has 3 fully saturated rings. The summed E-state index contributed by atoms with van der Waals surface area (Å²) in [7, 11) is 0. The topological polar surface area (TPSA) is 78.7 Å². The zero-order chi connectivity index (χ0) is 18.4. The summed E-state index contributed by atoms with van der Waals surface area (Å²) in [6.07, 6.45) is 6.24. The average Bonchev–Trinajstić information content (AvgIpc) is 3.34. The predicted octanol–water partition coefficient (Wildman–Crippen LogP) is 0.861. The van der Waals surface area contributed by atoms with Crippen LogP contribution in [0, 0.1) is 18.3 Å². The minimum absolute atomic E-state index is 0.146. The summed E-state index contributed by atoms with van der Waals surface area (Å²) in [4.78, 5) is 26.5. The predicted molar refractivity (Wildman–Crippen MR) is 102 cm³/mol. The minimum Gasteiger partial charge on any atom is -0.353 e. The molecule has 144 valence electrons. The Bertz CT molecular complexity index is 857. The highest BCUT2D eigenvalue weighted by Gasteiger charge is 2.51. The molecule has 1 amide bonds. The second-order valence-corrected chi connectivity index (χ2v) is 8.24. The van der Waals surface area contributed by atoms with Gasteiger partial charge in [-0.3, -0.25) is 4.79 Å². The normalized spacial score (nSPS) is 28.6. The van der Waals surface area contributed by atoms with Gasteiger partial charge in [0.2, 0.25) is 5.91 Å². The van der Waals surface area contributed by atoms with E-state index in [1.165, 1.54) is 19.3 Å². The molecule has 5 rings (SSSR count). The molecule has 8 heteroatoms. The van der Waals surface area contributed by atoms with Gasteiger partial charge in [-0.25, -0.2) is 4.98 Å². The largest absolute Gasteiger partial charge is 0.353 e. The molecule has 8 nitrogen and oxygen atoms in total. The van der Waals surface area contributed by atoms with E-state index in [2.05, 4.69) is 36.2 Å². The van der Waals surface area contributed by atoms with Crippen molar-refractivity contribution in [1.29, 1.82) is 0 Å². The highest BCUT2D eigenvalue weighted by Crippen LogP contribution is 2.45. The zero-order valence-electron chi connectivity index (χ0n) is 15.9. The van der Waals surface area contributed by atoms with Crippen LogP contribution < -0.4 is 10.2 Å². The number of fused-ring (bicyclic) bond motifs is 2. The van der Waals surface area contributed by atoms with Crippen LogP contribution in [0.3, 0.4) is 0 Å². The van der Waals surface area contributed by atoms with Crippen molar-refractivity contribution in [3.63, 3.8) is 0 Å². The van der Waals surface area contributed by atoms with Crippen molar-refractivity contribution >= 4 is 17.5 Å². The number of aryl methyl sites for hydroxylation is 1. The van der Waals surface area contributed by atoms with Gasteiger partial charge in [-0.15, -0.1) is 0 Å². The van der Waals surface area contributed by atoms with E-state index in [0.29, 0.717) is 17.6 Å². The van der Waals surface area contributed by atoms with E-state index >= 15 is 0 Å². The maximum absolute atomic E-state index is 13.5. The summed E-state index contributed by atoms with van der Waals surface area (Å²) in [6.45, 7) is 7.02. The monoisotopic (exact) mass is 369 g/mol. The van der Waals surface area contributed by atoms with Crippen LogP contribution in [0.4, 0.5) is 5.82 Å². The zero-order valence-corrected chi connectivity index (χ0v) is 15.9. The van der Waals surface area contributed by atoms with Crippen LogP contribution in [0.2, 0.25) is 0 Å². The quantitative estimate of drug-likeness (QED) is 0.846. The fourth-order valence-electron chi connectivity index (χ4n) is 5.26. The molecular formula is C19H27N7O. The molecule has 2 saturated heterocycles. The van der Waals surface area contributed by atoms with Crippen molar-refractivity contribution in [3.05, 3.63) is 18.1 Å². The standard InChI is InChI=1S/C19H27N7O/c1-14-10-16(26-18(23-14)21-13-22-26)24-6-8-25(9-7-24)17(27)19-5-3-2-4-15(19)11-20-12-19/h10,13,15,20H,2-9,11-12H2,1H3/t15-,19+/m0/s1. The Kier molecular flexibility index (Phi) is 4.03. The van der Waals surface area contributed by atoms with Crippen molar-refractivity contribution in [2.75, 3.05) is 44.2 Å². The van der Waals surface area contributed by atoms with Gasteiger partial charge in [0.1, 0.15) is 12.1 Å². The number of hydrogen-bond acceptors (Lipinski definition) is 6. The fraction of sp³-hybridized carbons (Fsp3) is 0.684. The van der Waals surface area contributed by atoms with E-state index in [1.807, 2.05) is 6.92 Å². The second kappa shape index (κ2) is 6.44. The molecule has 2 aliphatic heterocycles. The number of piperazine rings is 1. The number of nitrogens with one attached hydrogen (secondary N) is 1. The Morgan fingerprint density at radius 2 is 2.11 bits per heavy atom. The summed E-state index contributed by atoms with van der Waals surface area (Å²) in [5, 5.41) is 7.82. The number of aromatic nitrogens is 4. The highest BCUT2D eigenvalue weighted by atomic mass is 16.2. The van der Waals surface area contributed by atoms with Crippen molar-refractivity contribution in [2.24, 2.45) is 11.3 Å². The Morgan fingerprint density at radius 1 is 1.26 bits per heavy atom. The summed E-state index contributed by atoms with van der Waals surface area (Å²) in [6, 6.07) is 2.05. The number of rotatable bonds is 2. The molecule has 1 aliphatic carbocycles. The van der Waals surface area contributed by atoms with Gasteiger partial charge in [0.25, 0.3) is 5.78 Å². The number of hydrogen-bond donors (Lipinski definition) is 1. The average molecular weight is 369 g/mol. The second-order valence-electron chi connectivity index (χ2n) is 8.24. The highest BCUT2D eigenvalue weighted by molar-refractivity contribution is 5.84. The number of carbonyl (C=O) groups excluding carboxylic acids is 1. The third-order valence-corrected chi connectivity index (χ3v) is 6.72. The number of carbonyl (C=O) groups is 1. The first-order chi connectivity index (χ1) is 13.2. The van der Waals surface area contributed by atoms with Gasteiger partial charge >= 0.3 is 0 Å². The van der Waals surface area contributed by atoms with Gasteiger partial charge in [0.05, 0.1) is 5.41 Å². The molecule has 2 aromatic heterocycles. The van der Waals surface area contributed by atoms with Crippen LogP contribution in [0.5, 0.6) is 0 Å². The van der Waals surface area contributed by atoms with Crippen LogP contribution >= 0.6 is 0 Å². The van der Waals surface area contributed by atoms with E-state index in [4.69, 9.17) is 0 Å². The van der Waals surface area contributed by atoms with Crippen LogP contribution in [0.25, 0.3) is 5.78 Å². The van der Waals surface area contributed by atoms with E-state index < -0.39 is 0 Å². The van der Waals surface area contributed by atoms with E-state index in [0.717, 1.165) is 57.2 Å². The molecule has 3 aliphatic rings. The first-order valence-electron chi connectivity index (χ1n) is 10.1. The summed E-state index contributed by atoms with van der Waals surface area (Å²) in [5.41, 5.74) is 0.789. The summed E-state index contributed by atoms with van der Waals surface area (Å²) >= 11 is 0. The molecule has 4 heterocycles. The lowest BCUT2D eigenvalue weighted by Crippen LogP contribution is -2.56. The third-order valence-electron chi connectivity index (χ3n) is 6.72. The van der Waals surface area contributed by atoms with Gasteiger partial charge in [-0.1, -0.05) is 12.8 Å². The van der Waals surface area contributed by atoms with Gasteiger partial charge in [-0.05, 0) is 32.2 Å². The SMILES string of the molecule is Cc1cc(N2CCN(C(=O)[C@@]34CCCC[C@H]3CNC4)CC2)n2ncnc2n1. The molecule has 2 atom stereocenters. The molecule has 1 saturated carbocycles. The van der Waals surface area contributed by atoms with E-state index in [-0.39, 0.29) is 5.41 Å². The Hall–Kier alpha value is -2.22. The summed E-state index contributed by atoms with van der Waals surface area (Å²) < 4.78 is 1.79. The molecule has 0 unspecified atom stereocenters. The van der Waals surface area contributed by atoms with Crippen LogP contribution in [0.15, 0.2) is 12.4 Å².